The van der Waals surface area contributed by atoms with Crippen molar-refractivity contribution in [3.05, 3.63) is 50.0 Å². The number of imide groups is 1. The molecule has 0 saturated carbocycles. The van der Waals surface area contributed by atoms with Crippen LogP contribution in [0.2, 0.25) is 0 Å². The van der Waals surface area contributed by atoms with Crippen LogP contribution in [0.15, 0.2) is 27.5 Å². The average Bonchev–Trinajstić information content (AvgIpc) is 2.76. The lowest BCUT2D eigenvalue weighted by molar-refractivity contribution is -0.0504. The van der Waals surface area contributed by atoms with Crippen molar-refractivity contribution in [3.8, 4) is 11.4 Å². The zero-order chi connectivity index (χ0) is 18.5. The second-order valence-electron chi connectivity index (χ2n) is 4.89. The van der Waals surface area contributed by atoms with Crippen LogP contribution in [0, 0.1) is 5.82 Å². The normalized spacial score (nSPS) is 13.2. The van der Waals surface area contributed by atoms with Gasteiger partial charge in [0.1, 0.15) is 11.6 Å². The lowest BCUT2D eigenvalue weighted by atomic mass is 10.1. The highest BCUT2D eigenvalue weighted by atomic mass is 79.9. The number of benzene rings is 1. The lowest BCUT2D eigenvalue weighted by Crippen LogP contribution is -2.25. The monoisotopic (exact) mass is 417 g/mol. The third-order valence-electron chi connectivity index (χ3n) is 3.39. The van der Waals surface area contributed by atoms with Gasteiger partial charge in [0.05, 0.1) is 21.3 Å². The minimum absolute atomic E-state index is 0.199. The lowest BCUT2D eigenvalue weighted by Gasteiger charge is -2.17. The van der Waals surface area contributed by atoms with Crippen molar-refractivity contribution in [1.82, 2.24) is 9.88 Å². The number of carbonyl (C=O) groups is 2. The zero-order valence-corrected chi connectivity index (χ0v) is 13.6. The third kappa shape index (κ3) is 2.76. The molecule has 0 aliphatic carbocycles. The number of fused-ring (bicyclic) bond motifs is 1. The number of amides is 2. The molecule has 1 aromatic heterocycles. The van der Waals surface area contributed by atoms with E-state index in [0.717, 1.165) is 18.2 Å². The van der Waals surface area contributed by atoms with E-state index in [1.165, 1.54) is 0 Å². The minimum atomic E-state index is -3.27. The van der Waals surface area contributed by atoms with Crippen molar-refractivity contribution in [2.24, 2.45) is 0 Å². The molecule has 25 heavy (non-hydrogen) atoms. The molecule has 1 aliphatic rings. The molecule has 0 saturated heterocycles. The number of anilines is 1. The standard InChI is InChI=1S/C14H7BrF3N3O4/c15-6-1-4(16)2-7(10(6)25-14(17)18)21-8(22)3-5-9(11(21)19)13(24)20-12(5)23/h1-3,14H,19H2,(H,20,23,24). The van der Waals surface area contributed by atoms with Crippen LogP contribution in [-0.2, 0) is 0 Å². The number of pyridine rings is 1. The summed E-state index contributed by atoms with van der Waals surface area (Å²) in [6.45, 7) is -3.27. The molecule has 130 valence electrons. The summed E-state index contributed by atoms with van der Waals surface area (Å²) < 4.78 is 43.8. The minimum Gasteiger partial charge on any atom is -0.431 e. The van der Waals surface area contributed by atoms with Crippen LogP contribution in [0.25, 0.3) is 5.69 Å². The van der Waals surface area contributed by atoms with E-state index in [2.05, 4.69) is 20.7 Å². The van der Waals surface area contributed by atoms with Gasteiger partial charge in [-0.3, -0.25) is 24.3 Å². The Morgan fingerprint density at radius 1 is 1.16 bits per heavy atom. The topological polar surface area (TPSA) is 103 Å². The number of carbonyl (C=O) groups excluding carboxylic acids is 2. The first-order chi connectivity index (χ1) is 11.7. The Kier molecular flexibility index (Phi) is 4.03. The summed E-state index contributed by atoms with van der Waals surface area (Å²) in [5, 5.41) is 1.95. The number of alkyl halides is 2. The largest absolute Gasteiger partial charge is 0.431 e. The second-order valence-corrected chi connectivity index (χ2v) is 5.74. The highest BCUT2D eigenvalue weighted by Gasteiger charge is 2.32. The van der Waals surface area contributed by atoms with E-state index in [-0.39, 0.29) is 15.6 Å². The summed E-state index contributed by atoms with van der Waals surface area (Å²) in [6, 6.07) is 2.39. The summed E-state index contributed by atoms with van der Waals surface area (Å²) in [6.07, 6.45) is 0. The van der Waals surface area contributed by atoms with Gasteiger partial charge in [0.2, 0.25) is 0 Å². The molecule has 3 N–H and O–H groups in total. The molecule has 2 amide bonds. The number of aromatic nitrogens is 1. The summed E-state index contributed by atoms with van der Waals surface area (Å²) in [5.74, 6) is -3.63. The molecule has 2 heterocycles. The van der Waals surface area contributed by atoms with Crippen molar-refractivity contribution >= 4 is 33.6 Å². The van der Waals surface area contributed by atoms with E-state index in [0.29, 0.717) is 4.57 Å². The summed E-state index contributed by atoms with van der Waals surface area (Å²) in [7, 11) is 0. The molecule has 11 heteroatoms. The Balaban J connectivity index is 2.36. The molecule has 3 rings (SSSR count). The van der Waals surface area contributed by atoms with Crippen LogP contribution >= 0.6 is 15.9 Å². The molecule has 0 unspecified atom stereocenters. The van der Waals surface area contributed by atoms with E-state index in [1.54, 1.807) is 0 Å². The van der Waals surface area contributed by atoms with Gasteiger partial charge in [-0.05, 0) is 22.0 Å². The predicted molar refractivity (Wildman–Crippen MR) is 82.5 cm³/mol. The fourth-order valence-electron chi connectivity index (χ4n) is 2.45. The van der Waals surface area contributed by atoms with Gasteiger partial charge in [-0.1, -0.05) is 0 Å². The first kappa shape index (κ1) is 17.0. The van der Waals surface area contributed by atoms with Crippen LogP contribution in [0.1, 0.15) is 20.7 Å². The quantitative estimate of drug-likeness (QED) is 0.741. The van der Waals surface area contributed by atoms with Crippen LogP contribution < -0.4 is 21.3 Å². The maximum Gasteiger partial charge on any atom is 0.387 e. The number of rotatable bonds is 3. The number of nitrogen functional groups attached to an aromatic ring is 1. The van der Waals surface area contributed by atoms with Gasteiger partial charge in [0.25, 0.3) is 17.4 Å². The molecule has 0 radical (unpaired) electrons. The van der Waals surface area contributed by atoms with E-state index < -0.39 is 47.1 Å². The molecule has 1 aliphatic heterocycles. The Morgan fingerprint density at radius 3 is 2.48 bits per heavy atom. The number of hydrogen-bond donors (Lipinski definition) is 2. The van der Waals surface area contributed by atoms with Gasteiger partial charge in [0, 0.05) is 12.1 Å². The second kappa shape index (κ2) is 5.92. The van der Waals surface area contributed by atoms with Crippen LogP contribution in [0.5, 0.6) is 5.75 Å². The number of hydrogen-bond acceptors (Lipinski definition) is 5. The van der Waals surface area contributed by atoms with Crippen molar-refractivity contribution in [2.45, 2.75) is 6.61 Å². The van der Waals surface area contributed by atoms with Gasteiger partial charge in [0.15, 0.2) is 5.75 Å². The molecular formula is C14H7BrF3N3O4. The average molecular weight is 418 g/mol. The van der Waals surface area contributed by atoms with Gasteiger partial charge in [-0.15, -0.1) is 0 Å². The Bertz CT molecular complexity index is 990. The summed E-state index contributed by atoms with van der Waals surface area (Å²) >= 11 is 2.87. The van der Waals surface area contributed by atoms with Gasteiger partial charge < -0.3 is 10.5 Å². The number of nitrogens with zero attached hydrogens (tertiary/aromatic N) is 1. The molecule has 0 bridgehead atoms. The first-order valence-electron chi connectivity index (χ1n) is 6.56. The highest BCUT2D eigenvalue weighted by molar-refractivity contribution is 9.10. The Morgan fingerprint density at radius 2 is 1.84 bits per heavy atom. The van der Waals surface area contributed by atoms with Gasteiger partial charge in [-0.2, -0.15) is 8.78 Å². The van der Waals surface area contributed by atoms with E-state index in [9.17, 15) is 27.6 Å². The zero-order valence-electron chi connectivity index (χ0n) is 12.0. The SMILES string of the molecule is Nc1c2c(cc(=O)n1-c1cc(F)cc(Br)c1OC(F)F)C(=O)NC2=O. The van der Waals surface area contributed by atoms with Crippen LogP contribution in [0.3, 0.4) is 0 Å². The fraction of sp³-hybridized carbons (Fsp3) is 0.0714. The van der Waals surface area contributed by atoms with E-state index in [1.807, 2.05) is 5.32 Å². The number of nitrogens with two attached hydrogens (primary N) is 1. The van der Waals surface area contributed by atoms with Crippen LogP contribution in [-0.4, -0.2) is 23.0 Å². The van der Waals surface area contributed by atoms with Gasteiger partial charge in [-0.25, -0.2) is 4.39 Å². The van der Waals surface area contributed by atoms with Crippen LogP contribution in [0.4, 0.5) is 19.0 Å². The van der Waals surface area contributed by atoms with Crippen molar-refractivity contribution in [1.29, 1.82) is 0 Å². The molecule has 1 aromatic carbocycles. The maximum atomic E-state index is 13.7. The Labute approximate surface area is 145 Å². The number of ether oxygens (including phenoxy) is 1. The molecular weight excluding hydrogens is 411 g/mol. The molecule has 0 atom stereocenters. The molecule has 0 fully saturated rings. The van der Waals surface area contributed by atoms with Crippen molar-refractivity contribution < 1.29 is 27.5 Å². The molecule has 2 aromatic rings. The van der Waals surface area contributed by atoms with Crippen molar-refractivity contribution in [2.75, 3.05) is 5.73 Å². The van der Waals surface area contributed by atoms with Gasteiger partial charge >= 0.3 is 6.61 Å². The van der Waals surface area contributed by atoms with E-state index >= 15 is 0 Å². The molecule has 0 spiro atoms. The fourth-order valence-corrected chi connectivity index (χ4v) is 2.96. The van der Waals surface area contributed by atoms with Crippen molar-refractivity contribution in [3.63, 3.8) is 0 Å². The predicted octanol–water partition coefficient (Wildman–Crippen LogP) is 1.81. The molecule has 7 nitrogen and oxygen atoms in total. The Hall–Kier alpha value is -2.82. The third-order valence-corrected chi connectivity index (χ3v) is 3.98. The summed E-state index contributed by atoms with van der Waals surface area (Å²) in [4.78, 5) is 35.8. The maximum absolute atomic E-state index is 13.7. The van der Waals surface area contributed by atoms with E-state index in [4.69, 9.17) is 5.73 Å². The summed E-state index contributed by atoms with van der Waals surface area (Å²) in [5.41, 5.74) is 3.84. The number of nitrogens with one attached hydrogen (secondary N) is 1. The highest BCUT2D eigenvalue weighted by Crippen LogP contribution is 2.35. The number of halogens is 4. The first-order valence-corrected chi connectivity index (χ1v) is 7.35. The smallest absolute Gasteiger partial charge is 0.387 e.